The molecule has 0 aliphatic carbocycles. The van der Waals surface area contributed by atoms with E-state index in [4.69, 9.17) is 9.47 Å². The van der Waals surface area contributed by atoms with E-state index in [2.05, 4.69) is 5.32 Å². The van der Waals surface area contributed by atoms with Gasteiger partial charge in [0.05, 0.1) is 7.11 Å². The third kappa shape index (κ3) is 6.52. The highest BCUT2D eigenvalue weighted by Gasteiger charge is 2.26. The molecular formula is C23H30N2O4. The molecule has 0 spiro atoms. The lowest BCUT2D eigenvalue weighted by Gasteiger charge is -2.29. The van der Waals surface area contributed by atoms with Crippen molar-refractivity contribution in [3.8, 4) is 11.5 Å². The predicted octanol–water partition coefficient (Wildman–Crippen LogP) is 3.33. The Labute approximate surface area is 172 Å². The molecule has 2 aromatic rings. The fourth-order valence-corrected chi connectivity index (χ4v) is 2.83. The predicted molar refractivity (Wildman–Crippen MR) is 113 cm³/mol. The quantitative estimate of drug-likeness (QED) is 0.667. The van der Waals surface area contributed by atoms with E-state index < -0.39 is 6.04 Å². The second kappa shape index (κ2) is 11.1. The first kappa shape index (κ1) is 22.3. The van der Waals surface area contributed by atoms with Gasteiger partial charge in [-0.25, -0.2) is 0 Å². The van der Waals surface area contributed by atoms with Crippen molar-refractivity contribution in [1.82, 2.24) is 10.2 Å². The number of aryl methyl sites for hydroxylation is 1. The van der Waals surface area contributed by atoms with E-state index in [0.29, 0.717) is 24.6 Å². The Morgan fingerprint density at radius 3 is 2.34 bits per heavy atom. The molecule has 1 N–H and O–H groups in total. The van der Waals surface area contributed by atoms with E-state index in [1.807, 2.05) is 50.2 Å². The molecule has 0 heterocycles. The summed E-state index contributed by atoms with van der Waals surface area (Å²) in [6, 6.07) is 14.5. The maximum Gasteiger partial charge on any atom is 0.261 e. The minimum Gasteiger partial charge on any atom is -0.493 e. The number of carbonyl (C=O) groups excluding carboxylic acids is 2. The van der Waals surface area contributed by atoms with Crippen LogP contribution in [0, 0.1) is 6.92 Å². The van der Waals surface area contributed by atoms with Crippen LogP contribution in [0.15, 0.2) is 48.5 Å². The molecular weight excluding hydrogens is 368 g/mol. The summed E-state index contributed by atoms with van der Waals surface area (Å²) in [5, 5.41) is 2.86. The molecule has 6 heteroatoms. The van der Waals surface area contributed by atoms with Gasteiger partial charge in [-0.05, 0) is 38.0 Å². The minimum absolute atomic E-state index is 0.176. The van der Waals surface area contributed by atoms with Gasteiger partial charge in [-0.3, -0.25) is 9.59 Å². The molecule has 0 unspecified atom stereocenters. The lowest BCUT2D eigenvalue weighted by molar-refractivity contribution is -0.142. The summed E-state index contributed by atoms with van der Waals surface area (Å²) in [7, 11) is 1.55. The van der Waals surface area contributed by atoms with Crippen molar-refractivity contribution in [2.75, 3.05) is 20.3 Å². The highest BCUT2D eigenvalue weighted by Crippen LogP contribution is 2.25. The zero-order valence-electron chi connectivity index (χ0n) is 17.6. The number of carbonyl (C=O) groups is 2. The van der Waals surface area contributed by atoms with Crippen LogP contribution in [0.25, 0.3) is 0 Å². The van der Waals surface area contributed by atoms with Crippen molar-refractivity contribution in [3.63, 3.8) is 0 Å². The van der Waals surface area contributed by atoms with E-state index in [0.717, 1.165) is 17.5 Å². The van der Waals surface area contributed by atoms with Gasteiger partial charge >= 0.3 is 0 Å². The van der Waals surface area contributed by atoms with E-state index >= 15 is 0 Å². The average Bonchev–Trinajstić information content (AvgIpc) is 2.75. The van der Waals surface area contributed by atoms with Crippen LogP contribution in [0.3, 0.4) is 0 Å². The first-order valence-corrected chi connectivity index (χ1v) is 9.84. The number of para-hydroxylation sites is 2. The van der Waals surface area contributed by atoms with Crippen LogP contribution < -0.4 is 14.8 Å². The van der Waals surface area contributed by atoms with Crippen molar-refractivity contribution in [2.24, 2.45) is 0 Å². The Kier molecular flexibility index (Phi) is 8.52. The fourth-order valence-electron chi connectivity index (χ4n) is 2.83. The highest BCUT2D eigenvalue weighted by atomic mass is 16.5. The Morgan fingerprint density at radius 1 is 1.07 bits per heavy atom. The van der Waals surface area contributed by atoms with Gasteiger partial charge in [-0.15, -0.1) is 0 Å². The number of hydrogen-bond donors (Lipinski definition) is 1. The van der Waals surface area contributed by atoms with Crippen molar-refractivity contribution < 1.29 is 19.1 Å². The summed E-state index contributed by atoms with van der Waals surface area (Å²) in [4.78, 5) is 27.0. The smallest absolute Gasteiger partial charge is 0.261 e. The number of hydrogen-bond acceptors (Lipinski definition) is 4. The van der Waals surface area contributed by atoms with Crippen molar-refractivity contribution in [3.05, 3.63) is 59.7 Å². The van der Waals surface area contributed by atoms with Crippen LogP contribution in [-0.2, 0) is 16.1 Å². The van der Waals surface area contributed by atoms with Crippen molar-refractivity contribution in [2.45, 2.75) is 39.8 Å². The number of nitrogens with zero attached hydrogens (tertiary/aromatic N) is 1. The van der Waals surface area contributed by atoms with E-state index in [1.165, 1.54) is 0 Å². The summed E-state index contributed by atoms with van der Waals surface area (Å²) in [5.41, 5.74) is 2.09. The zero-order chi connectivity index (χ0) is 21.2. The van der Waals surface area contributed by atoms with Crippen LogP contribution in [0.4, 0.5) is 0 Å². The number of amides is 2. The van der Waals surface area contributed by atoms with E-state index in [1.54, 1.807) is 31.1 Å². The standard InChI is InChI=1S/C23H30N2O4/c1-5-14-24-23(27)18(3)25(15-19-12-10-17(2)11-13-19)22(26)16-29-21-9-7-6-8-20(21)28-4/h6-13,18H,5,14-16H2,1-4H3,(H,24,27)/t18-/m1/s1. The van der Waals surface area contributed by atoms with Crippen molar-refractivity contribution >= 4 is 11.8 Å². The van der Waals surface area contributed by atoms with Gasteiger partial charge in [0.15, 0.2) is 18.1 Å². The maximum atomic E-state index is 13.0. The lowest BCUT2D eigenvalue weighted by Crippen LogP contribution is -2.49. The van der Waals surface area contributed by atoms with Crippen LogP contribution in [0.1, 0.15) is 31.4 Å². The van der Waals surface area contributed by atoms with Gasteiger partial charge in [0, 0.05) is 13.1 Å². The maximum absolute atomic E-state index is 13.0. The van der Waals surface area contributed by atoms with Crippen molar-refractivity contribution in [1.29, 1.82) is 0 Å². The molecule has 0 radical (unpaired) electrons. The largest absolute Gasteiger partial charge is 0.493 e. The summed E-state index contributed by atoms with van der Waals surface area (Å²) in [5.74, 6) is 0.598. The molecule has 0 fully saturated rings. The van der Waals surface area contributed by atoms with Gasteiger partial charge < -0.3 is 19.7 Å². The van der Waals surface area contributed by atoms with Crippen LogP contribution in [-0.4, -0.2) is 43.0 Å². The molecule has 0 aliphatic rings. The highest BCUT2D eigenvalue weighted by molar-refractivity contribution is 5.88. The molecule has 6 nitrogen and oxygen atoms in total. The topological polar surface area (TPSA) is 67.9 Å². The molecule has 2 amide bonds. The van der Waals surface area contributed by atoms with Gasteiger partial charge in [-0.2, -0.15) is 0 Å². The summed E-state index contributed by atoms with van der Waals surface area (Å²) in [6.07, 6.45) is 0.835. The Balaban J connectivity index is 2.14. The van der Waals surface area contributed by atoms with Crippen LogP contribution >= 0.6 is 0 Å². The Hall–Kier alpha value is -3.02. The molecule has 0 aliphatic heterocycles. The number of rotatable bonds is 10. The Morgan fingerprint density at radius 2 is 1.72 bits per heavy atom. The normalized spacial score (nSPS) is 11.4. The number of benzene rings is 2. The molecule has 29 heavy (non-hydrogen) atoms. The zero-order valence-corrected chi connectivity index (χ0v) is 17.6. The molecule has 0 aromatic heterocycles. The summed E-state index contributed by atoms with van der Waals surface area (Å²) < 4.78 is 11.0. The second-order valence-electron chi connectivity index (χ2n) is 6.91. The van der Waals surface area contributed by atoms with Gasteiger partial charge in [0.1, 0.15) is 6.04 Å². The lowest BCUT2D eigenvalue weighted by atomic mass is 10.1. The SMILES string of the molecule is CCCNC(=O)[C@@H](C)N(Cc1ccc(C)cc1)C(=O)COc1ccccc1OC. The van der Waals surface area contributed by atoms with E-state index in [-0.39, 0.29) is 18.4 Å². The summed E-state index contributed by atoms with van der Waals surface area (Å²) in [6.45, 7) is 6.45. The second-order valence-corrected chi connectivity index (χ2v) is 6.91. The van der Waals surface area contributed by atoms with Crippen LogP contribution in [0.5, 0.6) is 11.5 Å². The molecule has 2 rings (SSSR count). The number of nitrogens with one attached hydrogen (secondary N) is 1. The molecule has 0 bridgehead atoms. The molecule has 2 aromatic carbocycles. The minimum atomic E-state index is -0.614. The number of ether oxygens (including phenoxy) is 2. The molecule has 1 atom stereocenters. The van der Waals surface area contributed by atoms with Gasteiger partial charge in [-0.1, -0.05) is 48.9 Å². The monoisotopic (exact) mass is 398 g/mol. The first-order valence-electron chi connectivity index (χ1n) is 9.84. The van der Waals surface area contributed by atoms with Gasteiger partial charge in [0.25, 0.3) is 5.91 Å². The molecule has 156 valence electrons. The fraction of sp³-hybridized carbons (Fsp3) is 0.391. The Bertz CT molecular complexity index is 805. The average molecular weight is 399 g/mol. The molecule has 0 saturated heterocycles. The molecule has 0 saturated carbocycles. The third-order valence-electron chi connectivity index (χ3n) is 4.61. The summed E-state index contributed by atoms with van der Waals surface area (Å²) >= 11 is 0. The van der Waals surface area contributed by atoms with Crippen LogP contribution in [0.2, 0.25) is 0 Å². The van der Waals surface area contributed by atoms with E-state index in [9.17, 15) is 9.59 Å². The van der Waals surface area contributed by atoms with Gasteiger partial charge in [0.2, 0.25) is 5.91 Å². The first-order chi connectivity index (χ1) is 14.0. The number of methoxy groups -OCH3 is 1. The third-order valence-corrected chi connectivity index (χ3v) is 4.61.